The highest BCUT2D eigenvalue weighted by molar-refractivity contribution is 7.98. The average Bonchev–Trinajstić information content (AvgIpc) is 2.30. The highest BCUT2D eigenvalue weighted by Crippen LogP contribution is 2.07. The molecule has 0 bridgehead atoms. The summed E-state index contributed by atoms with van der Waals surface area (Å²) in [7, 11) is 0. The Balaban J connectivity index is 4.00. The van der Waals surface area contributed by atoms with E-state index in [1.807, 2.05) is 20.1 Å². The van der Waals surface area contributed by atoms with Crippen molar-refractivity contribution < 1.29 is 14.7 Å². The molecule has 2 atom stereocenters. The Kier molecular flexibility index (Phi) is 8.66. The number of aliphatic carboxylic acids is 1. The summed E-state index contributed by atoms with van der Waals surface area (Å²) in [6.45, 7) is 4.28. The van der Waals surface area contributed by atoms with Gasteiger partial charge in [-0.1, -0.05) is 20.3 Å². The maximum Gasteiger partial charge on any atom is 0.326 e. The lowest BCUT2D eigenvalue weighted by Gasteiger charge is -2.20. The number of thioether (sulfide) groups is 1. The molecule has 6 heteroatoms. The molecule has 100 valence electrons. The van der Waals surface area contributed by atoms with Crippen LogP contribution in [0.3, 0.4) is 0 Å². The maximum absolute atomic E-state index is 11.4. The van der Waals surface area contributed by atoms with E-state index in [1.165, 1.54) is 0 Å². The molecule has 0 saturated heterocycles. The van der Waals surface area contributed by atoms with Crippen molar-refractivity contribution in [2.45, 2.75) is 32.7 Å². The van der Waals surface area contributed by atoms with Gasteiger partial charge in [0.2, 0.25) is 0 Å². The fraction of sp³-hybridized carbons (Fsp3) is 0.818. The number of carbonyl (C=O) groups is 2. The molecule has 0 spiro atoms. The van der Waals surface area contributed by atoms with Crippen molar-refractivity contribution in [2.75, 3.05) is 18.6 Å². The van der Waals surface area contributed by atoms with Gasteiger partial charge in [0.15, 0.2) is 0 Å². The Labute approximate surface area is 107 Å². The summed E-state index contributed by atoms with van der Waals surface area (Å²) in [5.74, 6) is -0.0864. The topological polar surface area (TPSA) is 78.4 Å². The Bertz CT molecular complexity index is 249. The highest BCUT2D eigenvalue weighted by atomic mass is 32.2. The van der Waals surface area contributed by atoms with Crippen LogP contribution in [-0.2, 0) is 4.79 Å². The van der Waals surface area contributed by atoms with Gasteiger partial charge in [-0.25, -0.2) is 9.59 Å². The van der Waals surface area contributed by atoms with Gasteiger partial charge in [-0.05, 0) is 24.3 Å². The van der Waals surface area contributed by atoms with Gasteiger partial charge >= 0.3 is 12.0 Å². The molecule has 0 saturated carbocycles. The van der Waals surface area contributed by atoms with Crippen molar-refractivity contribution in [3.8, 4) is 0 Å². The molecule has 0 fully saturated rings. The summed E-state index contributed by atoms with van der Waals surface area (Å²) in [6, 6.07) is -1.22. The van der Waals surface area contributed by atoms with Crippen LogP contribution in [0.15, 0.2) is 0 Å². The molecular formula is C11H22N2O3S. The van der Waals surface area contributed by atoms with E-state index < -0.39 is 18.0 Å². The minimum atomic E-state index is -0.987. The SMILES string of the molecule is CCC(C)C(NC(=O)NCCCSC)C(=O)O. The Morgan fingerprint density at radius 3 is 2.53 bits per heavy atom. The van der Waals surface area contributed by atoms with E-state index in [0.717, 1.165) is 12.2 Å². The molecule has 2 unspecified atom stereocenters. The Morgan fingerprint density at radius 2 is 2.06 bits per heavy atom. The third kappa shape index (κ3) is 7.10. The fourth-order valence-electron chi connectivity index (χ4n) is 1.29. The number of amides is 2. The van der Waals surface area contributed by atoms with Crippen molar-refractivity contribution in [3.05, 3.63) is 0 Å². The second-order valence-electron chi connectivity index (χ2n) is 3.95. The van der Waals surface area contributed by atoms with Gasteiger partial charge in [0.05, 0.1) is 0 Å². The van der Waals surface area contributed by atoms with Crippen LogP contribution < -0.4 is 10.6 Å². The fourth-order valence-corrected chi connectivity index (χ4v) is 1.73. The predicted octanol–water partition coefficient (Wildman–Crippen LogP) is 1.54. The zero-order valence-electron chi connectivity index (χ0n) is 10.7. The molecule has 0 aliphatic carbocycles. The van der Waals surface area contributed by atoms with E-state index in [1.54, 1.807) is 11.8 Å². The van der Waals surface area contributed by atoms with E-state index >= 15 is 0 Å². The summed E-state index contributed by atoms with van der Waals surface area (Å²) in [5.41, 5.74) is 0. The first-order valence-corrected chi connectivity index (χ1v) is 7.18. The average molecular weight is 262 g/mol. The van der Waals surface area contributed by atoms with Gasteiger partial charge in [0, 0.05) is 6.54 Å². The van der Waals surface area contributed by atoms with Gasteiger partial charge in [-0.2, -0.15) is 11.8 Å². The number of hydrogen-bond acceptors (Lipinski definition) is 3. The lowest BCUT2D eigenvalue weighted by molar-refractivity contribution is -0.140. The number of nitrogens with one attached hydrogen (secondary N) is 2. The smallest absolute Gasteiger partial charge is 0.326 e. The summed E-state index contributed by atoms with van der Waals surface area (Å²) < 4.78 is 0. The quantitative estimate of drug-likeness (QED) is 0.580. The van der Waals surface area contributed by atoms with Gasteiger partial charge in [-0.15, -0.1) is 0 Å². The second-order valence-corrected chi connectivity index (χ2v) is 4.93. The van der Waals surface area contributed by atoms with Gasteiger partial charge < -0.3 is 15.7 Å². The zero-order valence-corrected chi connectivity index (χ0v) is 11.5. The molecular weight excluding hydrogens is 240 g/mol. The number of rotatable bonds is 8. The minimum Gasteiger partial charge on any atom is -0.480 e. The van der Waals surface area contributed by atoms with Crippen molar-refractivity contribution >= 4 is 23.8 Å². The summed E-state index contributed by atoms with van der Waals surface area (Å²) in [5, 5.41) is 14.1. The zero-order chi connectivity index (χ0) is 13.3. The lowest BCUT2D eigenvalue weighted by Crippen LogP contribution is -2.49. The van der Waals surface area contributed by atoms with Crippen LogP contribution in [0.5, 0.6) is 0 Å². The number of carbonyl (C=O) groups excluding carboxylic acids is 1. The minimum absolute atomic E-state index is 0.0792. The summed E-state index contributed by atoms with van der Waals surface area (Å²) in [6.07, 6.45) is 3.60. The van der Waals surface area contributed by atoms with Crippen LogP contribution in [0.1, 0.15) is 26.7 Å². The predicted molar refractivity (Wildman–Crippen MR) is 70.4 cm³/mol. The van der Waals surface area contributed by atoms with E-state index in [-0.39, 0.29) is 5.92 Å². The molecule has 0 radical (unpaired) electrons. The molecule has 17 heavy (non-hydrogen) atoms. The third-order valence-electron chi connectivity index (χ3n) is 2.58. The Hall–Kier alpha value is -0.910. The van der Waals surface area contributed by atoms with E-state index in [0.29, 0.717) is 13.0 Å². The van der Waals surface area contributed by atoms with Crippen molar-refractivity contribution in [1.29, 1.82) is 0 Å². The molecule has 3 N–H and O–H groups in total. The first-order chi connectivity index (χ1) is 8.02. The normalized spacial score (nSPS) is 13.8. The molecule has 0 aliphatic rings. The van der Waals surface area contributed by atoms with Crippen molar-refractivity contribution in [1.82, 2.24) is 10.6 Å². The number of urea groups is 1. The molecule has 0 aromatic rings. The first-order valence-electron chi connectivity index (χ1n) is 5.79. The standard InChI is InChI=1S/C11H22N2O3S/c1-4-8(2)9(10(14)15)13-11(16)12-6-5-7-17-3/h8-9H,4-7H2,1-3H3,(H,14,15)(H2,12,13,16). The summed E-state index contributed by atoms with van der Waals surface area (Å²) in [4.78, 5) is 22.4. The molecule has 2 amide bonds. The second kappa shape index (κ2) is 9.15. The largest absolute Gasteiger partial charge is 0.480 e. The van der Waals surface area contributed by atoms with Crippen molar-refractivity contribution in [2.24, 2.45) is 5.92 Å². The lowest BCUT2D eigenvalue weighted by atomic mass is 9.99. The van der Waals surface area contributed by atoms with Gasteiger partial charge in [0.25, 0.3) is 0 Å². The highest BCUT2D eigenvalue weighted by Gasteiger charge is 2.24. The monoisotopic (exact) mass is 262 g/mol. The van der Waals surface area contributed by atoms with Crippen molar-refractivity contribution in [3.63, 3.8) is 0 Å². The van der Waals surface area contributed by atoms with Crippen LogP contribution in [0.4, 0.5) is 4.79 Å². The molecule has 0 aromatic heterocycles. The van der Waals surface area contributed by atoms with E-state index in [4.69, 9.17) is 5.11 Å². The van der Waals surface area contributed by atoms with Gasteiger partial charge in [-0.3, -0.25) is 0 Å². The number of hydrogen-bond donors (Lipinski definition) is 3. The summed E-state index contributed by atoms with van der Waals surface area (Å²) >= 11 is 1.71. The first kappa shape index (κ1) is 16.1. The van der Waals surface area contributed by atoms with Crippen LogP contribution in [-0.4, -0.2) is 41.7 Å². The van der Waals surface area contributed by atoms with E-state index in [9.17, 15) is 9.59 Å². The third-order valence-corrected chi connectivity index (χ3v) is 3.27. The van der Waals surface area contributed by atoms with Crippen LogP contribution in [0, 0.1) is 5.92 Å². The van der Waals surface area contributed by atoms with Crippen LogP contribution in [0.2, 0.25) is 0 Å². The molecule has 0 aromatic carbocycles. The van der Waals surface area contributed by atoms with Gasteiger partial charge in [0.1, 0.15) is 6.04 Å². The van der Waals surface area contributed by atoms with Crippen LogP contribution in [0.25, 0.3) is 0 Å². The molecule has 0 heterocycles. The molecule has 0 aliphatic heterocycles. The molecule has 0 rings (SSSR count). The van der Waals surface area contributed by atoms with Crippen LogP contribution >= 0.6 is 11.8 Å². The molecule has 5 nitrogen and oxygen atoms in total. The Morgan fingerprint density at radius 1 is 1.41 bits per heavy atom. The van der Waals surface area contributed by atoms with E-state index in [2.05, 4.69) is 10.6 Å². The maximum atomic E-state index is 11.4. The number of carboxylic acid groups (broad SMARTS) is 1. The number of carboxylic acids is 1.